The van der Waals surface area contributed by atoms with Crippen LogP contribution in [-0.4, -0.2) is 40.4 Å². The third-order valence-corrected chi connectivity index (χ3v) is 3.94. The molecule has 1 aliphatic rings. The number of para-hydroxylation sites is 1. The summed E-state index contributed by atoms with van der Waals surface area (Å²) in [6, 6.07) is 6.01. The van der Waals surface area contributed by atoms with Crippen LogP contribution in [0.4, 0.5) is 5.69 Å². The van der Waals surface area contributed by atoms with Gasteiger partial charge >= 0.3 is 0 Å². The number of nitrogens with one attached hydrogen (secondary N) is 3. The van der Waals surface area contributed by atoms with Gasteiger partial charge < -0.3 is 20.5 Å². The first-order valence-corrected chi connectivity index (χ1v) is 8.29. The molecule has 0 saturated heterocycles. The van der Waals surface area contributed by atoms with E-state index in [1.807, 2.05) is 0 Å². The van der Waals surface area contributed by atoms with Gasteiger partial charge in [-0.25, -0.2) is 0 Å². The highest BCUT2D eigenvalue weighted by Gasteiger charge is 2.27. The molecule has 0 fully saturated rings. The Labute approximate surface area is 149 Å². The lowest BCUT2D eigenvalue weighted by atomic mass is 10.1. The molecule has 0 unspecified atom stereocenters. The van der Waals surface area contributed by atoms with Crippen molar-refractivity contribution in [2.24, 2.45) is 0 Å². The maximum absolute atomic E-state index is 12.3. The van der Waals surface area contributed by atoms with Crippen molar-refractivity contribution in [2.75, 3.05) is 11.9 Å². The average molecular weight is 357 g/mol. The van der Waals surface area contributed by atoms with Crippen molar-refractivity contribution in [3.8, 4) is 0 Å². The molecule has 2 heterocycles. The van der Waals surface area contributed by atoms with Crippen molar-refractivity contribution in [3.05, 3.63) is 41.5 Å². The Morgan fingerprint density at radius 2 is 2.12 bits per heavy atom. The number of hydrogen-bond acceptors (Lipinski definition) is 6. The number of amides is 3. The quantitative estimate of drug-likeness (QED) is 0.694. The summed E-state index contributed by atoms with van der Waals surface area (Å²) in [5.74, 6) is 0.108. The van der Waals surface area contributed by atoms with Crippen molar-refractivity contribution in [1.29, 1.82) is 0 Å². The predicted molar refractivity (Wildman–Crippen MR) is 91.3 cm³/mol. The van der Waals surface area contributed by atoms with E-state index < -0.39 is 6.04 Å². The van der Waals surface area contributed by atoms with Gasteiger partial charge in [0.15, 0.2) is 5.82 Å². The van der Waals surface area contributed by atoms with Crippen LogP contribution in [-0.2, 0) is 16.0 Å². The van der Waals surface area contributed by atoms with E-state index in [1.54, 1.807) is 31.2 Å². The SMILES string of the molecule is Cc1noc(CCNC(=O)CC[C@H]2NC(=O)c3ccccc3NC2=O)n1. The first kappa shape index (κ1) is 17.6. The monoisotopic (exact) mass is 357 g/mol. The number of fused-ring (bicyclic) bond motifs is 1. The largest absolute Gasteiger partial charge is 0.356 e. The summed E-state index contributed by atoms with van der Waals surface area (Å²) >= 11 is 0. The molecule has 136 valence electrons. The lowest BCUT2D eigenvalue weighted by Crippen LogP contribution is -2.42. The van der Waals surface area contributed by atoms with E-state index in [2.05, 4.69) is 26.1 Å². The summed E-state index contributed by atoms with van der Waals surface area (Å²) in [6.07, 6.45) is 0.747. The van der Waals surface area contributed by atoms with Gasteiger partial charge in [0.1, 0.15) is 6.04 Å². The van der Waals surface area contributed by atoms with Crippen LogP contribution in [0.25, 0.3) is 0 Å². The molecule has 1 aromatic heterocycles. The van der Waals surface area contributed by atoms with Gasteiger partial charge in [-0.2, -0.15) is 4.98 Å². The minimum atomic E-state index is -0.765. The van der Waals surface area contributed by atoms with Crippen molar-refractivity contribution < 1.29 is 18.9 Å². The molecule has 9 heteroatoms. The van der Waals surface area contributed by atoms with Crippen LogP contribution >= 0.6 is 0 Å². The van der Waals surface area contributed by atoms with Gasteiger partial charge in [-0.3, -0.25) is 14.4 Å². The molecule has 3 amide bonds. The molecule has 1 atom stereocenters. The Bertz CT molecular complexity index is 832. The number of carbonyl (C=O) groups is 3. The topological polar surface area (TPSA) is 126 Å². The molecular formula is C17H19N5O4. The summed E-state index contributed by atoms with van der Waals surface area (Å²) in [5.41, 5.74) is 0.874. The predicted octanol–water partition coefficient (Wildman–Crippen LogP) is 0.568. The Morgan fingerprint density at radius 3 is 2.88 bits per heavy atom. The molecule has 9 nitrogen and oxygen atoms in total. The lowest BCUT2D eigenvalue weighted by molar-refractivity contribution is -0.121. The Morgan fingerprint density at radius 1 is 1.31 bits per heavy atom. The van der Waals surface area contributed by atoms with Gasteiger partial charge in [0.2, 0.25) is 17.7 Å². The highest BCUT2D eigenvalue weighted by molar-refractivity contribution is 6.09. The first-order chi connectivity index (χ1) is 12.5. The molecule has 0 saturated carbocycles. The van der Waals surface area contributed by atoms with Gasteiger partial charge in [-0.1, -0.05) is 17.3 Å². The Hall–Kier alpha value is -3.23. The summed E-state index contributed by atoms with van der Waals surface area (Å²) in [5, 5.41) is 11.8. The van der Waals surface area contributed by atoms with E-state index in [0.717, 1.165) is 0 Å². The fraction of sp³-hybridized carbons (Fsp3) is 0.353. The van der Waals surface area contributed by atoms with Gasteiger partial charge in [-0.15, -0.1) is 0 Å². The van der Waals surface area contributed by atoms with Crippen molar-refractivity contribution in [1.82, 2.24) is 20.8 Å². The summed E-state index contributed by atoms with van der Waals surface area (Å²) in [6.45, 7) is 2.07. The van der Waals surface area contributed by atoms with Crippen LogP contribution in [0.15, 0.2) is 28.8 Å². The minimum Gasteiger partial charge on any atom is -0.356 e. The second-order valence-corrected chi connectivity index (χ2v) is 5.93. The number of carbonyl (C=O) groups excluding carboxylic acids is 3. The summed E-state index contributed by atoms with van der Waals surface area (Å²) < 4.78 is 4.96. The van der Waals surface area contributed by atoms with Gasteiger partial charge in [-0.05, 0) is 25.5 Å². The Kier molecular flexibility index (Phi) is 5.26. The van der Waals surface area contributed by atoms with Crippen LogP contribution < -0.4 is 16.0 Å². The molecule has 0 bridgehead atoms. The van der Waals surface area contributed by atoms with Crippen molar-refractivity contribution in [3.63, 3.8) is 0 Å². The van der Waals surface area contributed by atoms with E-state index in [4.69, 9.17) is 4.52 Å². The van der Waals surface area contributed by atoms with E-state index in [0.29, 0.717) is 35.9 Å². The lowest BCUT2D eigenvalue weighted by Gasteiger charge is -2.14. The third kappa shape index (κ3) is 4.24. The van der Waals surface area contributed by atoms with E-state index in [-0.39, 0.29) is 30.6 Å². The smallest absolute Gasteiger partial charge is 0.254 e. The molecule has 26 heavy (non-hydrogen) atoms. The number of benzene rings is 1. The fourth-order valence-electron chi connectivity index (χ4n) is 2.63. The molecular weight excluding hydrogens is 338 g/mol. The molecule has 0 radical (unpaired) electrons. The average Bonchev–Trinajstić information content (AvgIpc) is 2.98. The number of rotatable bonds is 6. The zero-order chi connectivity index (χ0) is 18.5. The number of anilines is 1. The fourth-order valence-corrected chi connectivity index (χ4v) is 2.63. The van der Waals surface area contributed by atoms with E-state index in [9.17, 15) is 14.4 Å². The summed E-state index contributed by atoms with van der Waals surface area (Å²) in [4.78, 5) is 40.5. The van der Waals surface area contributed by atoms with Crippen LogP contribution in [0.5, 0.6) is 0 Å². The molecule has 3 N–H and O–H groups in total. The maximum Gasteiger partial charge on any atom is 0.254 e. The van der Waals surface area contributed by atoms with Crippen molar-refractivity contribution in [2.45, 2.75) is 32.2 Å². The second kappa shape index (κ2) is 7.77. The first-order valence-electron chi connectivity index (χ1n) is 8.29. The van der Waals surface area contributed by atoms with Crippen molar-refractivity contribution >= 4 is 23.4 Å². The van der Waals surface area contributed by atoms with E-state index >= 15 is 0 Å². The number of aromatic nitrogens is 2. The minimum absolute atomic E-state index is 0.109. The standard InChI is InChI=1S/C17H19N5O4/c1-10-19-15(26-22-10)8-9-18-14(23)7-6-13-17(25)20-12-5-3-2-4-11(12)16(24)21-13/h2-5,13H,6-9H2,1H3,(H,18,23)(H,20,25)(H,21,24)/t13-/m1/s1. The molecule has 0 spiro atoms. The highest BCUT2D eigenvalue weighted by atomic mass is 16.5. The third-order valence-electron chi connectivity index (χ3n) is 3.94. The van der Waals surface area contributed by atoms with Crippen LogP contribution in [0.2, 0.25) is 0 Å². The molecule has 2 aromatic rings. The normalized spacial score (nSPS) is 16.3. The number of nitrogens with zero attached hydrogens (tertiary/aromatic N) is 2. The Balaban J connectivity index is 1.47. The van der Waals surface area contributed by atoms with Crippen LogP contribution in [0, 0.1) is 6.92 Å². The molecule has 0 aliphatic carbocycles. The molecule has 1 aromatic carbocycles. The number of hydrogen-bond donors (Lipinski definition) is 3. The molecule has 1 aliphatic heterocycles. The van der Waals surface area contributed by atoms with Gasteiger partial charge in [0.25, 0.3) is 5.91 Å². The molecule has 3 rings (SSSR count). The van der Waals surface area contributed by atoms with E-state index in [1.165, 1.54) is 0 Å². The summed E-state index contributed by atoms with van der Waals surface area (Å²) in [7, 11) is 0. The maximum atomic E-state index is 12.3. The zero-order valence-corrected chi connectivity index (χ0v) is 14.2. The van der Waals surface area contributed by atoms with Crippen LogP contribution in [0.1, 0.15) is 34.9 Å². The zero-order valence-electron chi connectivity index (χ0n) is 14.2. The van der Waals surface area contributed by atoms with Crippen LogP contribution in [0.3, 0.4) is 0 Å². The number of aryl methyl sites for hydroxylation is 1. The second-order valence-electron chi connectivity index (χ2n) is 5.93. The highest BCUT2D eigenvalue weighted by Crippen LogP contribution is 2.19. The van der Waals surface area contributed by atoms with Gasteiger partial charge in [0, 0.05) is 19.4 Å². The van der Waals surface area contributed by atoms with Gasteiger partial charge in [0.05, 0.1) is 11.3 Å².